The van der Waals surface area contributed by atoms with Gasteiger partial charge in [0.05, 0.1) is 26.4 Å². The Hall–Kier alpha value is -1.22. The predicted octanol–water partition coefficient (Wildman–Crippen LogP) is 0.249. The van der Waals surface area contributed by atoms with Gasteiger partial charge in [-0.15, -0.1) is 0 Å². The molecule has 0 aromatic rings. The SMILES string of the molecule is COC(=O)C1ON2CC[C@H](OC3CCCCO3)C2C1C(=O)OC. The van der Waals surface area contributed by atoms with E-state index in [2.05, 4.69) is 0 Å². The Bertz CT molecular complexity index is 451. The van der Waals surface area contributed by atoms with Gasteiger partial charge >= 0.3 is 11.9 Å². The molecule has 3 fully saturated rings. The number of fused-ring (bicyclic) bond motifs is 1. The van der Waals surface area contributed by atoms with E-state index in [9.17, 15) is 9.59 Å². The van der Waals surface area contributed by atoms with Crippen molar-refractivity contribution in [2.75, 3.05) is 27.4 Å². The van der Waals surface area contributed by atoms with Gasteiger partial charge in [-0.2, -0.15) is 5.06 Å². The second-order valence-electron chi connectivity index (χ2n) is 5.99. The van der Waals surface area contributed by atoms with Crippen molar-refractivity contribution in [2.24, 2.45) is 5.92 Å². The van der Waals surface area contributed by atoms with Crippen LogP contribution in [0.1, 0.15) is 25.7 Å². The normalized spacial score (nSPS) is 37.4. The molecule has 0 bridgehead atoms. The first kappa shape index (κ1) is 16.6. The zero-order valence-electron chi connectivity index (χ0n) is 13.4. The van der Waals surface area contributed by atoms with E-state index in [1.807, 2.05) is 0 Å². The highest BCUT2D eigenvalue weighted by Gasteiger charge is 2.58. The molecule has 3 saturated heterocycles. The van der Waals surface area contributed by atoms with E-state index >= 15 is 0 Å². The second-order valence-corrected chi connectivity index (χ2v) is 5.99. The zero-order chi connectivity index (χ0) is 16.4. The van der Waals surface area contributed by atoms with E-state index in [4.69, 9.17) is 23.8 Å². The van der Waals surface area contributed by atoms with Crippen LogP contribution in [0, 0.1) is 5.92 Å². The van der Waals surface area contributed by atoms with E-state index in [1.54, 1.807) is 5.06 Å². The Morgan fingerprint density at radius 2 is 1.87 bits per heavy atom. The average molecular weight is 329 g/mol. The van der Waals surface area contributed by atoms with Crippen LogP contribution in [0.4, 0.5) is 0 Å². The number of carbonyl (C=O) groups is 2. The first-order valence-corrected chi connectivity index (χ1v) is 8.02. The molecule has 3 heterocycles. The predicted molar refractivity (Wildman–Crippen MR) is 76.0 cm³/mol. The van der Waals surface area contributed by atoms with Crippen LogP contribution in [0.15, 0.2) is 0 Å². The summed E-state index contributed by atoms with van der Waals surface area (Å²) >= 11 is 0. The van der Waals surface area contributed by atoms with Crippen LogP contribution in [0.5, 0.6) is 0 Å². The molecule has 0 spiro atoms. The Morgan fingerprint density at radius 3 is 2.52 bits per heavy atom. The van der Waals surface area contributed by atoms with Crippen molar-refractivity contribution >= 4 is 11.9 Å². The number of carbonyl (C=O) groups excluding carboxylic acids is 2. The highest BCUT2D eigenvalue weighted by atomic mass is 16.7. The van der Waals surface area contributed by atoms with Crippen molar-refractivity contribution in [3.8, 4) is 0 Å². The molecule has 5 atom stereocenters. The molecule has 8 nitrogen and oxygen atoms in total. The highest BCUT2D eigenvalue weighted by Crippen LogP contribution is 2.39. The van der Waals surface area contributed by atoms with Gasteiger partial charge in [-0.05, 0) is 25.7 Å². The maximum absolute atomic E-state index is 12.2. The molecule has 0 N–H and O–H groups in total. The van der Waals surface area contributed by atoms with Crippen LogP contribution in [-0.4, -0.2) is 68.9 Å². The molecular weight excluding hydrogens is 306 g/mol. The third kappa shape index (κ3) is 3.21. The molecule has 0 amide bonds. The quantitative estimate of drug-likeness (QED) is 0.679. The summed E-state index contributed by atoms with van der Waals surface area (Å²) in [5.74, 6) is -1.83. The number of hydrogen-bond acceptors (Lipinski definition) is 8. The topological polar surface area (TPSA) is 83.5 Å². The maximum atomic E-state index is 12.2. The minimum Gasteiger partial charge on any atom is -0.469 e. The second kappa shape index (κ2) is 7.12. The van der Waals surface area contributed by atoms with Gasteiger partial charge in [0.15, 0.2) is 12.4 Å². The van der Waals surface area contributed by atoms with Crippen molar-refractivity contribution in [3.63, 3.8) is 0 Å². The van der Waals surface area contributed by atoms with Crippen molar-refractivity contribution in [3.05, 3.63) is 0 Å². The van der Waals surface area contributed by atoms with Gasteiger partial charge in [0.25, 0.3) is 0 Å². The molecule has 0 aromatic carbocycles. The number of hydroxylamine groups is 2. The molecule has 3 rings (SSSR count). The molecule has 8 heteroatoms. The number of rotatable bonds is 4. The van der Waals surface area contributed by atoms with Crippen molar-refractivity contribution < 1.29 is 33.4 Å². The number of esters is 2. The fourth-order valence-corrected chi connectivity index (χ4v) is 3.55. The number of hydrogen-bond donors (Lipinski definition) is 0. The monoisotopic (exact) mass is 329 g/mol. The molecule has 130 valence electrons. The smallest absolute Gasteiger partial charge is 0.338 e. The minimum atomic E-state index is -0.990. The summed E-state index contributed by atoms with van der Waals surface area (Å²) < 4.78 is 21.3. The van der Waals surface area contributed by atoms with Gasteiger partial charge in [-0.25, -0.2) is 4.79 Å². The lowest BCUT2D eigenvalue weighted by Crippen LogP contribution is -2.44. The summed E-state index contributed by atoms with van der Waals surface area (Å²) in [6.45, 7) is 1.27. The van der Waals surface area contributed by atoms with Crippen LogP contribution in [0.3, 0.4) is 0 Å². The molecular formula is C15H23NO7. The minimum absolute atomic E-state index is 0.239. The van der Waals surface area contributed by atoms with E-state index in [0.717, 1.165) is 19.3 Å². The lowest BCUT2D eigenvalue weighted by Gasteiger charge is -2.29. The highest BCUT2D eigenvalue weighted by molar-refractivity contribution is 5.85. The summed E-state index contributed by atoms with van der Waals surface area (Å²) in [5.41, 5.74) is 0. The van der Waals surface area contributed by atoms with Gasteiger partial charge in [0.1, 0.15) is 5.92 Å². The molecule has 0 saturated carbocycles. The van der Waals surface area contributed by atoms with E-state index in [1.165, 1.54) is 14.2 Å². The van der Waals surface area contributed by atoms with Crippen LogP contribution in [-0.2, 0) is 33.4 Å². The fraction of sp³-hybridized carbons (Fsp3) is 0.867. The molecule has 0 radical (unpaired) electrons. The summed E-state index contributed by atoms with van der Waals surface area (Å²) in [6.07, 6.45) is 2.17. The van der Waals surface area contributed by atoms with Crippen LogP contribution < -0.4 is 0 Å². The summed E-state index contributed by atoms with van der Waals surface area (Å²) in [5, 5.41) is 1.65. The lowest BCUT2D eigenvalue weighted by atomic mass is 9.91. The number of ether oxygens (including phenoxy) is 4. The lowest BCUT2D eigenvalue weighted by molar-refractivity contribution is -0.203. The van der Waals surface area contributed by atoms with E-state index in [-0.39, 0.29) is 18.4 Å². The standard InChI is InChI=1S/C15H23NO7/c1-19-14(17)11-12-9(22-10-5-3-4-8-21-10)6-7-16(12)23-13(11)15(18)20-2/h9-13H,3-8H2,1-2H3/t9-,10?,11?,12?,13?/m0/s1. The van der Waals surface area contributed by atoms with Gasteiger partial charge in [0.2, 0.25) is 0 Å². The van der Waals surface area contributed by atoms with Gasteiger partial charge < -0.3 is 18.9 Å². The Labute approximate surface area is 134 Å². The van der Waals surface area contributed by atoms with Gasteiger partial charge in [0, 0.05) is 13.2 Å². The van der Waals surface area contributed by atoms with Crippen molar-refractivity contribution in [1.82, 2.24) is 5.06 Å². The summed E-state index contributed by atoms with van der Waals surface area (Å²) in [6, 6.07) is -0.364. The summed E-state index contributed by atoms with van der Waals surface area (Å²) in [4.78, 5) is 29.8. The first-order valence-electron chi connectivity index (χ1n) is 8.02. The zero-order valence-corrected chi connectivity index (χ0v) is 13.4. The van der Waals surface area contributed by atoms with Crippen molar-refractivity contribution in [1.29, 1.82) is 0 Å². The molecule has 3 aliphatic rings. The van der Waals surface area contributed by atoms with Crippen LogP contribution in [0.2, 0.25) is 0 Å². The molecule has 4 unspecified atom stereocenters. The Balaban J connectivity index is 1.74. The Morgan fingerprint density at radius 1 is 1.09 bits per heavy atom. The molecule has 23 heavy (non-hydrogen) atoms. The Kier molecular flexibility index (Phi) is 5.15. The van der Waals surface area contributed by atoms with Gasteiger partial charge in [-0.3, -0.25) is 9.63 Å². The van der Waals surface area contributed by atoms with Crippen molar-refractivity contribution in [2.45, 2.75) is 50.2 Å². The number of methoxy groups -OCH3 is 2. The fourth-order valence-electron chi connectivity index (χ4n) is 3.55. The number of nitrogens with zero attached hydrogens (tertiary/aromatic N) is 1. The third-order valence-electron chi connectivity index (χ3n) is 4.66. The average Bonchev–Trinajstić information content (AvgIpc) is 3.14. The largest absolute Gasteiger partial charge is 0.469 e. The molecule has 0 aromatic heterocycles. The van der Waals surface area contributed by atoms with Gasteiger partial charge in [-0.1, -0.05) is 0 Å². The maximum Gasteiger partial charge on any atom is 0.338 e. The van der Waals surface area contributed by atoms with Crippen LogP contribution in [0.25, 0.3) is 0 Å². The molecule has 0 aliphatic carbocycles. The van der Waals surface area contributed by atoms with E-state index in [0.29, 0.717) is 19.6 Å². The van der Waals surface area contributed by atoms with E-state index < -0.39 is 24.0 Å². The third-order valence-corrected chi connectivity index (χ3v) is 4.66. The first-order chi connectivity index (χ1) is 11.2. The van der Waals surface area contributed by atoms with Crippen LogP contribution >= 0.6 is 0 Å². The summed E-state index contributed by atoms with van der Waals surface area (Å²) in [7, 11) is 2.57. The molecule has 3 aliphatic heterocycles.